The maximum absolute atomic E-state index is 12.6. The van der Waals surface area contributed by atoms with Crippen LogP contribution in [0.5, 0.6) is 0 Å². The lowest BCUT2D eigenvalue weighted by Crippen LogP contribution is -2.35. The second-order valence-electron chi connectivity index (χ2n) is 6.85. The predicted molar refractivity (Wildman–Crippen MR) is 96.4 cm³/mol. The molecule has 0 aliphatic heterocycles. The molecule has 0 fully saturated rings. The Morgan fingerprint density at radius 1 is 1.21 bits per heavy atom. The summed E-state index contributed by atoms with van der Waals surface area (Å²) in [6.45, 7) is 10.3. The molecule has 0 aromatic heterocycles. The highest BCUT2D eigenvalue weighted by atomic mass is 16.7. The third kappa shape index (κ3) is 7.88. The quantitative estimate of drug-likeness (QED) is 0.249. The number of hydrogen-bond donors (Lipinski definition) is 0. The van der Waals surface area contributed by atoms with Crippen LogP contribution in [0.1, 0.15) is 53.9 Å². The van der Waals surface area contributed by atoms with Gasteiger partial charge in [0.1, 0.15) is 0 Å². The lowest BCUT2D eigenvalue weighted by molar-refractivity contribution is -0.136. The van der Waals surface area contributed by atoms with E-state index >= 15 is 0 Å². The first-order valence-electron chi connectivity index (χ1n) is 8.38. The predicted octanol–water partition coefficient (Wildman–Crippen LogP) is 3.70. The topological polar surface area (TPSA) is 55.8 Å². The summed E-state index contributed by atoms with van der Waals surface area (Å²) in [5, 5.41) is 0. The summed E-state index contributed by atoms with van der Waals surface area (Å²) in [5.41, 5.74) is 1.35. The van der Waals surface area contributed by atoms with Gasteiger partial charge in [0.25, 0.3) is 5.91 Å². The van der Waals surface area contributed by atoms with Gasteiger partial charge in [-0.15, -0.1) is 0 Å². The number of hydrogen-bond acceptors (Lipinski definition) is 4. The zero-order chi connectivity index (χ0) is 18.8. The van der Waals surface area contributed by atoms with Crippen molar-refractivity contribution in [3.8, 4) is 0 Å². The van der Waals surface area contributed by atoms with Crippen molar-refractivity contribution in [3.63, 3.8) is 0 Å². The van der Waals surface area contributed by atoms with E-state index in [1.165, 1.54) is 4.90 Å². The second-order valence-corrected chi connectivity index (χ2v) is 6.85. The number of rotatable bonds is 11. The fourth-order valence-corrected chi connectivity index (χ4v) is 2.28. The first-order chi connectivity index (χ1) is 11.2. The van der Waals surface area contributed by atoms with Gasteiger partial charge in [0, 0.05) is 32.8 Å². The minimum Gasteiger partial charge on any atom is -0.356 e. The molecule has 2 amide bonds. The van der Waals surface area contributed by atoms with Crippen molar-refractivity contribution >= 4 is 12.3 Å². The van der Waals surface area contributed by atoms with E-state index in [0.29, 0.717) is 31.4 Å². The van der Waals surface area contributed by atoms with Crippen molar-refractivity contribution in [1.82, 2.24) is 4.90 Å². The van der Waals surface area contributed by atoms with Crippen molar-refractivity contribution in [3.05, 3.63) is 23.3 Å². The van der Waals surface area contributed by atoms with Gasteiger partial charge in [-0.2, -0.15) is 0 Å². The second kappa shape index (κ2) is 11.2. The highest BCUT2D eigenvalue weighted by Gasteiger charge is 2.26. The molecule has 0 saturated heterocycles. The van der Waals surface area contributed by atoms with Gasteiger partial charge in [0.15, 0.2) is 6.29 Å². The van der Waals surface area contributed by atoms with Crippen molar-refractivity contribution in [2.75, 3.05) is 20.8 Å². The number of nitrogens with zero attached hydrogens (tertiary/aromatic N) is 1. The molecule has 0 aliphatic rings. The smallest absolute Gasteiger partial charge is 0.260 e. The van der Waals surface area contributed by atoms with Gasteiger partial charge in [0.05, 0.1) is 0 Å². The van der Waals surface area contributed by atoms with Gasteiger partial charge < -0.3 is 9.47 Å². The van der Waals surface area contributed by atoms with E-state index in [4.69, 9.17) is 9.47 Å². The van der Waals surface area contributed by atoms with Gasteiger partial charge in [-0.25, -0.2) is 0 Å². The monoisotopic (exact) mass is 339 g/mol. The van der Waals surface area contributed by atoms with E-state index in [2.05, 4.69) is 13.8 Å². The van der Waals surface area contributed by atoms with Crippen LogP contribution in [0.2, 0.25) is 0 Å². The van der Waals surface area contributed by atoms with E-state index in [-0.39, 0.29) is 17.6 Å². The molecule has 0 rings (SSSR count). The van der Waals surface area contributed by atoms with E-state index in [1.54, 1.807) is 20.3 Å². The van der Waals surface area contributed by atoms with Gasteiger partial charge >= 0.3 is 0 Å². The van der Waals surface area contributed by atoms with Crippen molar-refractivity contribution in [2.24, 2.45) is 5.41 Å². The first-order valence-corrected chi connectivity index (χ1v) is 8.38. The SMILES string of the molecule is CC/C=C\C(C(=O)N(C=O)CCC(C)(C)CC(OC)OC)=C(C)C. The minimum absolute atomic E-state index is 0.122. The largest absolute Gasteiger partial charge is 0.356 e. The molecule has 5 heteroatoms. The van der Waals surface area contributed by atoms with E-state index in [9.17, 15) is 9.59 Å². The van der Waals surface area contributed by atoms with Gasteiger partial charge in [0.2, 0.25) is 6.41 Å². The van der Waals surface area contributed by atoms with Crippen LogP contribution in [0.15, 0.2) is 23.3 Å². The number of amides is 2. The molecule has 0 unspecified atom stereocenters. The molecular formula is C19H33NO4. The molecule has 0 radical (unpaired) electrons. The Labute approximate surface area is 146 Å². The highest BCUT2D eigenvalue weighted by molar-refractivity contribution is 6.01. The maximum atomic E-state index is 12.6. The van der Waals surface area contributed by atoms with E-state index in [1.807, 2.05) is 26.8 Å². The van der Waals surface area contributed by atoms with Crippen LogP contribution in [0.3, 0.4) is 0 Å². The van der Waals surface area contributed by atoms with Crippen LogP contribution in [0, 0.1) is 5.41 Å². The Hall–Kier alpha value is -1.46. The Morgan fingerprint density at radius 2 is 1.79 bits per heavy atom. The highest BCUT2D eigenvalue weighted by Crippen LogP contribution is 2.28. The number of imide groups is 1. The molecular weight excluding hydrogens is 306 g/mol. The Kier molecular flexibility index (Phi) is 10.5. The number of carbonyl (C=O) groups is 2. The summed E-state index contributed by atoms with van der Waals surface area (Å²) in [7, 11) is 3.21. The number of methoxy groups -OCH3 is 2. The summed E-state index contributed by atoms with van der Waals surface area (Å²) in [6.07, 6.45) is 6.25. The lowest BCUT2D eigenvalue weighted by Gasteiger charge is -2.30. The normalized spacial score (nSPS) is 11.8. The molecule has 138 valence electrons. The summed E-state index contributed by atoms with van der Waals surface area (Å²) in [5.74, 6) is -0.250. The third-order valence-electron chi connectivity index (χ3n) is 3.95. The van der Waals surface area contributed by atoms with Gasteiger partial charge in [-0.05, 0) is 32.1 Å². The number of ether oxygens (including phenoxy) is 2. The summed E-state index contributed by atoms with van der Waals surface area (Å²) < 4.78 is 10.5. The fraction of sp³-hybridized carbons (Fsp3) is 0.684. The molecule has 0 atom stereocenters. The van der Waals surface area contributed by atoms with Crippen molar-refractivity contribution in [1.29, 1.82) is 0 Å². The standard InChI is InChI=1S/C19H33NO4/c1-8-9-10-16(15(2)3)18(22)20(14-21)12-11-19(4,5)13-17(23-6)24-7/h9-10,14,17H,8,11-13H2,1-7H3/b10-9-. The first kappa shape index (κ1) is 22.5. The van der Waals surface area contributed by atoms with Crippen LogP contribution < -0.4 is 0 Å². The third-order valence-corrected chi connectivity index (χ3v) is 3.95. The maximum Gasteiger partial charge on any atom is 0.260 e. The molecule has 0 N–H and O–H groups in total. The van der Waals surface area contributed by atoms with Crippen LogP contribution in [0.4, 0.5) is 0 Å². The average Bonchev–Trinajstić information content (AvgIpc) is 2.53. The fourth-order valence-electron chi connectivity index (χ4n) is 2.28. The average molecular weight is 339 g/mol. The molecule has 5 nitrogen and oxygen atoms in total. The molecule has 0 heterocycles. The van der Waals surface area contributed by atoms with Crippen LogP contribution >= 0.6 is 0 Å². The number of allylic oxidation sites excluding steroid dienone is 2. The zero-order valence-electron chi connectivity index (χ0n) is 16.2. The Bertz CT molecular complexity index is 458. The number of carbonyl (C=O) groups excluding carboxylic acids is 2. The Balaban J connectivity index is 4.98. The van der Waals surface area contributed by atoms with Crippen molar-refractivity contribution in [2.45, 2.75) is 60.2 Å². The Morgan fingerprint density at radius 3 is 2.21 bits per heavy atom. The molecule has 0 spiro atoms. The molecule has 0 aromatic rings. The van der Waals surface area contributed by atoms with Gasteiger partial charge in [-0.1, -0.05) is 38.5 Å². The van der Waals surface area contributed by atoms with Crippen LogP contribution in [0.25, 0.3) is 0 Å². The molecule has 0 bridgehead atoms. The van der Waals surface area contributed by atoms with E-state index in [0.717, 1.165) is 12.0 Å². The van der Waals surface area contributed by atoms with Crippen molar-refractivity contribution < 1.29 is 19.1 Å². The van der Waals surface area contributed by atoms with Crippen LogP contribution in [-0.2, 0) is 19.1 Å². The zero-order valence-corrected chi connectivity index (χ0v) is 16.2. The van der Waals surface area contributed by atoms with Crippen LogP contribution in [-0.4, -0.2) is 44.3 Å². The van der Waals surface area contributed by atoms with E-state index < -0.39 is 0 Å². The lowest BCUT2D eigenvalue weighted by atomic mass is 9.85. The molecule has 0 aromatic carbocycles. The minimum atomic E-state index is -0.291. The molecule has 0 saturated carbocycles. The summed E-state index contributed by atoms with van der Waals surface area (Å²) in [4.78, 5) is 25.3. The van der Waals surface area contributed by atoms with Gasteiger partial charge in [-0.3, -0.25) is 14.5 Å². The summed E-state index contributed by atoms with van der Waals surface area (Å²) >= 11 is 0. The molecule has 0 aliphatic carbocycles. The summed E-state index contributed by atoms with van der Waals surface area (Å²) in [6, 6.07) is 0. The molecule has 24 heavy (non-hydrogen) atoms.